The number of aliphatic hydroxyl groups excluding tert-OH is 1. The van der Waals surface area contributed by atoms with Crippen LogP contribution in [-0.2, 0) is 0 Å². The monoisotopic (exact) mass is 126 g/mol. The van der Waals surface area contributed by atoms with E-state index in [9.17, 15) is 0 Å². The second-order valence-corrected chi connectivity index (χ2v) is 1.93. The summed E-state index contributed by atoms with van der Waals surface area (Å²) in [5.41, 5.74) is 6.41. The number of nitrogens with two attached hydrogens (primary N) is 1. The molecule has 1 aromatic heterocycles. The van der Waals surface area contributed by atoms with Crippen molar-refractivity contribution in [2.24, 2.45) is 5.73 Å². The molecule has 0 radical (unpaired) electrons. The highest BCUT2D eigenvalue weighted by molar-refractivity contribution is 5.12. The van der Waals surface area contributed by atoms with Crippen LogP contribution in [0.1, 0.15) is 11.6 Å². The lowest BCUT2D eigenvalue weighted by atomic mass is 10.2. The van der Waals surface area contributed by atoms with Gasteiger partial charge in [-0.2, -0.15) is 0 Å². The molecule has 0 aliphatic rings. The molecule has 0 spiro atoms. The summed E-state index contributed by atoms with van der Waals surface area (Å²) in [5, 5.41) is 8.57. The quantitative estimate of drug-likeness (QED) is 0.522. The van der Waals surface area contributed by atoms with Crippen molar-refractivity contribution in [2.45, 2.75) is 6.04 Å². The molecule has 1 aromatic rings. The Balaban J connectivity index is 2.65. The zero-order valence-electron chi connectivity index (χ0n) is 5.04. The molecule has 1 atom stereocenters. The van der Waals surface area contributed by atoms with Gasteiger partial charge in [-0.3, -0.25) is 0 Å². The van der Waals surface area contributed by atoms with E-state index in [0.717, 1.165) is 5.56 Å². The molecule has 1 rings (SSSR count). The highest BCUT2D eigenvalue weighted by atomic mass is 16.3. The number of aromatic amines is 1. The van der Waals surface area contributed by atoms with Gasteiger partial charge in [-0.05, 0) is 11.6 Å². The van der Waals surface area contributed by atoms with Gasteiger partial charge in [0.2, 0.25) is 0 Å². The second-order valence-electron chi connectivity index (χ2n) is 1.93. The van der Waals surface area contributed by atoms with Crippen molar-refractivity contribution in [3.8, 4) is 0 Å². The molecule has 9 heavy (non-hydrogen) atoms. The van der Waals surface area contributed by atoms with E-state index in [0.29, 0.717) is 0 Å². The van der Waals surface area contributed by atoms with Crippen LogP contribution < -0.4 is 5.73 Å². The number of rotatable bonds is 2. The minimum atomic E-state index is -0.240. The number of aliphatic hydroxyl groups is 1. The van der Waals surface area contributed by atoms with Crippen molar-refractivity contribution in [3.63, 3.8) is 0 Å². The fourth-order valence-corrected chi connectivity index (χ4v) is 0.673. The van der Waals surface area contributed by atoms with Gasteiger partial charge in [0.1, 0.15) is 0 Å². The minimum Gasteiger partial charge on any atom is -0.394 e. The van der Waals surface area contributed by atoms with E-state index in [1.165, 1.54) is 0 Å². The smallest absolute Gasteiger partial charge is 0.0624 e. The highest BCUT2D eigenvalue weighted by Gasteiger charge is 2.01. The molecule has 4 N–H and O–H groups in total. The van der Waals surface area contributed by atoms with E-state index in [1.54, 1.807) is 12.4 Å². The first-order valence-corrected chi connectivity index (χ1v) is 2.83. The average Bonchev–Trinajstić information content (AvgIpc) is 2.37. The Morgan fingerprint density at radius 2 is 2.56 bits per heavy atom. The Morgan fingerprint density at radius 3 is 3.00 bits per heavy atom. The van der Waals surface area contributed by atoms with E-state index in [4.69, 9.17) is 10.8 Å². The number of hydrogen-bond acceptors (Lipinski definition) is 2. The topological polar surface area (TPSA) is 62.0 Å². The van der Waals surface area contributed by atoms with Gasteiger partial charge in [0.05, 0.1) is 12.6 Å². The van der Waals surface area contributed by atoms with E-state index >= 15 is 0 Å². The summed E-state index contributed by atoms with van der Waals surface area (Å²) in [6.45, 7) is -0.00213. The Bertz CT molecular complexity index is 160. The standard InChI is InChI=1S/C6H10N2O/c7-6(4-9)5-1-2-8-3-5/h1-3,6,8-9H,4,7H2. The van der Waals surface area contributed by atoms with Gasteiger partial charge < -0.3 is 15.8 Å². The van der Waals surface area contributed by atoms with Gasteiger partial charge in [0, 0.05) is 12.4 Å². The van der Waals surface area contributed by atoms with Gasteiger partial charge in [-0.1, -0.05) is 0 Å². The summed E-state index contributed by atoms with van der Waals surface area (Å²) in [6, 6.07) is 1.61. The molecule has 0 amide bonds. The Labute approximate surface area is 53.5 Å². The van der Waals surface area contributed by atoms with Crippen LogP contribution in [0.5, 0.6) is 0 Å². The first-order valence-electron chi connectivity index (χ1n) is 2.83. The summed E-state index contributed by atoms with van der Waals surface area (Å²) in [4.78, 5) is 2.85. The molecule has 0 saturated heterocycles. The fourth-order valence-electron chi connectivity index (χ4n) is 0.673. The average molecular weight is 126 g/mol. The van der Waals surface area contributed by atoms with Crippen molar-refractivity contribution < 1.29 is 5.11 Å². The zero-order chi connectivity index (χ0) is 6.69. The van der Waals surface area contributed by atoms with Crippen molar-refractivity contribution >= 4 is 0 Å². The number of aromatic nitrogens is 1. The van der Waals surface area contributed by atoms with Crippen molar-refractivity contribution in [2.75, 3.05) is 6.61 Å². The molecule has 0 saturated carbocycles. The zero-order valence-corrected chi connectivity index (χ0v) is 5.04. The molecule has 0 aromatic carbocycles. The fraction of sp³-hybridized carbons (Fsp3) is 0.333. The van der Waals surface area contributed by atoms with E-state index in [1.807, 2.05) is 6.07 Å². The van der Waals surface area contributed by atoms with Crippen molar-refractivity contribution in [3.05, 3.63) is 24.0 Å². The van der Waals surface area contributed by atoms with Gasteiger partial charge in [-0.15, -0.1) is 0 Å². The molecule has 3 nitrogen and oxygen atoms in total. The molecular weight excluding hydrogens is 116 g/mol. The largest absolute Gasteiger partial charge is 0.394 e. The lowest BCUT2D eigenvalue weighted by molar-refractivity contribution is 0.268. The van der Waals surface area contributed by atoms with Gasteiger partial charge >= 0.3 is 0 Å². The Kier molecular flexibility index (Phi) is 1.87. The minimum absolute atomic E-state index is 0.00213. The lowest BCUT2D eigenvalue weighted by Crippen LogP contribution is -2.13. The normalized spacial score (nSPS) is 13.6. The van der Waals surface area contributed by atoms with Crippen molar-refractivity contribution in [1.82, 2.24) is 4.98 Å². The molecule has 0 aliphatic heterocycles. The third-order valence-corrected chi connectivity index (χ3v) is 1.25. The number of nitrogens with one attached hydrogen (secondary N) is 1. The van der Waals surface area contributed by atoms with Crippen LogP contribution in [0.3, 0.4) is 0 Å². The third kappa shape index (κ3) is 1.31. The number of H-pyrrole nitrogens is 1. The lowest BCUT2D eigenvalue weighted by Gasteiger charge is -2.02. The van der Waals surface area contributed by atoms with Crippen LogP contribution in [0.15, 0.2) is 18.5 Å². The van der Waals surface area contributed by atoms with Gasteiger partial charge in [0.15, 0.2) is 0 Å². The van der Waals surface area contributed by atoms with Crippen LogP contribution in [0, 0.1) is 0 Å². The first-order chi connectivity index (χ1) is 4.34. The number of hydrogen-bond donors (Lipinski definition) is 3. The molecule has 50 valence electrons. The molecule has 0 bridgehead atoms. The van der Waals surface area contributed by atoms with Gasteiger partial charge in [-0.25, -0.2) is 0 Å². The highest BCUT2D eigenvalue weighted by Crippen LogP contribution is 2.05. The van der Waals surface area contributed by atoms with Crippen LogP contribution in [0.25, 0.3) is 0 Å². The van der Waals surface area contributed by atoms with E-state index in [2.05, 4.69) is 4.98 Å². The molecule has 3 heteroatoms. The maximum Gasteiger partial charge on any atom is 0.0624 e. The summed E-state index contributed by atoms with van der Waals surface area (Å²) < 4.78 is 0. The molecule has 0 fully saturated rings. The summed E-state index contributed by atoms with van der Waals surface area (Å²) in [6.07, 6.45) is 3.56. The van der Waals surface area contributed by atoms with Crippen LogP contribution in [0.4, 0.5) is 0 Å². The molecular formula is C6H10N2O. The molecule has 1 unspecified atom stereocenters. The predicted molar refractivity (Wildman–Crippen MR) is 34.8 cm³/mol. The van der Waals surface area contributed by atoms with Gasteiger partial charge in [0.25, 0.3) is 0 Å². The van der Waals surface area contributed by atoms with Crippen molar-refractivity contribution in [1.29, 1.82) is 0 Å². The van der Waals surface area contributed by atoms with E-state index < -0.39 is 0 Å². The Hall–Kier alpha value is -0.800. The summed E-state index contributed by atoms with van der Waals surface area (Å²) in [5.74, 6) is 0. The van der Waals surface area contributed by atoms with Crippen LogP contribution in [-0.4, -0.2) is 16.7 Å². The predicted octanol–water partition coefficient (Wildman–Crippen LogP) is 0.00680. The molecule has 1 heterocycles. The second kappa shape index (κ2) is 2.66. The maximum atomic E-state index is 8.57. The van der Waals surface area contributed by atoms with E-state index in [-0.39, 0.29) is 12.6 Å². The first kappa shape index (κ1) is 6.32. The summed E-state index contributed by atoms with van der Waals surface area (Å²) in [7, 11) is 0. The van der Waals surface area contributed by atoms with Crippen LogP contribution >= 0.6 is 0 Å². The Morgan fingerprint density at radius 1 is 1.78 bits per heavy atom. The maximum absolute atomic E-state index is 8.57. The third-order valence-electron chi connectivity index (χ3n) is 1.25. The summed E-state index contributed by atoms with van der Waals surface area (Å²) >= 11 is 0. The SMILES string of the molecule is NC(CO)c1cc[nH]c1. The van der Waals surface area contributed by atoms with Crippen LogP contribution in [0.2, 0.25) is 0 Å². The molecule has 0 aliphatic carbocycles.